The smallest absolute Gasteiger partial charge is 0.268 e. The van der Waals surface area contributed by atoms with E-state index in [2.05, 4.69) is 15.2 Å². The zero-order valence-corrected chi connectivity index (χ0v) is 11.1. The average Bonchev–Trinajstić information content (AvgIpc) is 2.97. The molecule has 2 N–H and O–H groups in total. The van der Waals surface area contributed by atoms with Crippen LogP contribution in [0, 0.1) is 11.3 Å². The molecular formula is C13H18N4O2. The highest BCUT2D eigenvalue weighted by atomic mass is 16.5. The van der Waals surface area contributed by atoms with Gasteiger partial charge in [-0.05, 0) is 20.0 Å². The van der Waals surface area contributed by atoms with Crippen molar-refractivity contribution in [2.45, 2.75) is 19.1 Å². The first-order chi connectivity index (χ1) is 9.13. The molecule has 0 aromatic carbocycles. The van der Waals surface area contributed by atoms with Crippen molar-refractivity contribution in [3.8, 4) is 6.07 Å². The number of carbonyl (C=O) groups excluding carboxylic acids is 1. The molecule has 102 valence electrons. The lowest BCUT2D eigenvalue weighted by atomic mass is 10.2. The van der Waals surface area contributed by atoms with Crippen molar-refractivity contribution in [1.29, 1.82) is 5.26 Å². The molecule has 0 bridgehead atoms. The molecule has 0 aliphatic carbocycles. The molecule has 2 rings (SSSR count). The third-order valence-corrected chi connectivity index (χ3v) is 3.20. The van der Waals surface area contributed by atoms with Crippen molar-refractivity contribution in [2.24, 2.45) is 0 Å². The third kappa shape index (κ3) is 3.13. The molecule has 1 aromatic rings. The van der Waals surface area contributed by atoms with E-state index in [-0.39, 0.29) is 18.1 Å². The fourth-order valence-corrected chi connectivity index (χ4v) is 2.32. The topological polar surface area (TPSA) is 81.2 Å². The second kappa shape index (κ2) is 5.87. The number of amides is 1. The van der Waals surface area contributed by atoms with Gasteiger partial charge < -0.3 is 19.9 Å². The number of hydrogen-bond donors (Lipinski definition) is 2. The number of carbonyl (C=O) groups is 1. The van der Waals surface area contributed by atoms with Crippen molar-refractivity contribution in [3.63, 3.8) is 0 Å². The summed E-state index contributed by atoms with van der Waals surface area (Å²) in [5, 5.41) is 11.7. The van der Waals surface area contributed by atoms with E-state index < -0.39 is 0 Å². The number of aromatic nitrogens is 1. The molecule has 1 fully saturated rings. The number of nitriles is 1. The van der Waals surface area contributed by atoms with Gasteiger partial charge in [-0.2, -0.15) is 5.26 Å². The highest BCUT2D eigenvalue weighted by Gasteiger charge is 2.32. The van der Waals surface area contributed by atoms with Gasteiger partial charge in [-0.1, -0.05) is 0 Å². The number of nitrogens with one attached hydrogen (secondary N) is 2. The largest absolute Gasteiger partial charge is 0.375 e. The maximum atomic E-state index is 12.1. The molecule has 1 amide bonds. The minimum absolute atomic E-state index is 0.0179. The van der Waals surface area contributed by atoms with Gasteiger partial charge in [0.05, 0.1) is 17.7 Å². The van der Waals surface area contributed by atoms with Gasteiger partial charge >= 0.3 is 0 Å². The van der Waals surface area contributed by atoms with Crippen molar-refractivity contribution < 1.29 is 9.53 Å². The summed E-state index contributed by atoms with van der Waals surface area (Å²) in [7, 11) is 2.00. The molecule has 2 atom stereocenters. The van der Waals surface area contributed by atoms with Crippen LogP contribution in [-0.4, -0.2) is 54.7 Å². The Morgan fingerprint density at radius 3 is 3.11 bits per heavy atom. The van der Waals surface area contributed by atoms with E-state index in [0.29, 0.717) is 17.9 Å². The van der Waals surface area contributed by atoms with Gasteiger partial charge in [0.1, 0.15) is 11.8 Å². The molecule has 0 radical (unpaired) electrons. The van der Waals surface area contributed by atoms with Gasteiger partial charge in [0.15, 0.2) is 0 Å². The minimum atomic E-state index is -0.202. The van der Waals surface area contributed by atoms with Crippen LogP contribution in [0.5, 0.6) is 0 Å². The molecule has 1 aliphatic heterocycles. The van der Waals surface area contributed by atoms with E-state index >= 15 is 0 Å². The van der Waals surface area contributed by atoms with Gasteiger partial charge in [0.2, 0.25) is 0 Å². The first kappa shape index (κ1) is 13.6. The second-order valence-corrected chi connectivity index (χ2v) is 4.71. The minimum Gasteiger partial charge on any atom is -0.375 e. The standard InChI is InChI=1S/C13H18N4O2/c1-3-19-12-8-17(2)7-11(12)16-13(18)10-4-9(5-14)6-15-10/h4,6,11-12,15H,3,7-8H2,1-2H3,(H,16,18)/t11-,12-/m0/s1. The lowest BCUT2D eigenvalue weighted by Gasteiger charge is -2.19. The lowest BCUT2D eigenvalue weighted by Crippen LogP contribution is -2.44. The Bertz CT molecular complexity index is 491. The molecule has 6 heteroatoms. The predicted molar refractivity (Wildman–Crippen MR) is 69.7 cm³/mol. The first-order valence-electron chi connectivity index (χ1n) is 6.33. The van der Waals surface area contributed by atoms with Crippen LogP contribution in [0.25, 0.3) is 0 Å². The third-order valence-electron chi connectivity index (χ3n) is 3.20. The number of H-pyrrole nitrogens is 1. The summed E-state index contributed by atoms with van der Waals surface area (Å²) < 4.78 is 5.63. The molecule has 1 aliphatic rings. The van der Waals surface area contributed by atoms with Gasteiger partial charge in [0, 0.05) is 25.9 Å². The Labute approximate surface area is 112 Å². The van der Waals surface area contributed by atoms with Gasteiger partial charge in [-0.3, -0.25) is 4.79 Å². The number of rotatable bonds is 4. The first-order valence-corrected chi connectivity index (χ1v) is 6.33. The summed E-state index contributed by atoms with van der Waals surface area (Å²) in [6.45, 7) is 4.16. The van der Waals surface area contributed by atoms with Crippen molar-refractivity contribution in [1.82, 2.24) is 15.2 Å². The molecule has 0 saturated carbocycles. The number of likely N-dealkylation sites (tertiary alicyclic amines) is 1. The quantitative estimate of drug-likeness (QED) is 0.819. The zero-order chi connectivity index (χ0) is 13.8. The van der Waals surface area contributed by atoms with Crippen molar-refractivity contribution >= 4 is 5.91 Å². The SMILES string of the molecule is CCO[C@H]1CN(C)C[C@@H]1NC(=O)c1cc(C#N)c[nH]1. The Hall–Kier alpha value is -1.84. The molecular weight excluding hydrogens is 244 g/mol. The zero-order valence-electron chi connectivity index (χ0n) is 11.1. The predicted octanol–water partition coefficient (Wildman–Crippen LogP) is 0.335. The van der Waals surface area contributed by atoms with Gasteiger partial charge in [0.25, 0.3) is 5.91 Å². The Morgan fingerprint density at radius 1 is 1.68 bits per heavy atom. The van der Waals surface area contributed by atoms with E-state index in [1.807, 2.05) is 20.0 Å². The van der Waals surface area contributed by atoms with Crippen LogP contribution in [0.3, 0.4) is 0 Å². The molecule has 1 saturated heterocycles. The highest BCUT2D eigenvalue weighted by Crippen LogP contribution is 2.13. The molecule has 19 heavy (non-hydrogen) atoms. The van der Waals surface area contributed by atoms with Crippen LogP contribution in [0.1, 0.15) is 23.0 Å². The fraction of sp³-hybridized carbons (Fsp3) is 0.538. The fourth-order valence-electron chi connectivity index (χ4n) is 2.32. The van der Waals surface area contributed by atoms with E-state index in [1.165, 1.54) is 6.20 Å². The number of likely N-dealkylation sites (N-methyl/N-ethyl adjacent to an activating group) is 1. The molecule has 0 unspecified atom stereocenters. The van der Waals surface area contributed by atoms with Crippen LogP contribution >= 0.6 is 0 Å². The highest BCUT2D eigenvalue weighted by molar-refractivity contribution is 5.93. The monoisotopic (exact) mass is 262 g/mol. The Kier molecular flexibility index (Phi) is 4.20. The van der Waals surface area contributed by atoms with Gasteiger partial charge in [-0.15, -0.1) is 0 Å². The van der Waals surface area contributed by atoms with Crippen LogP contribution < -0.4 is 5.32 Å². The number of hydrogen-bond acceptors (Lipinski definition) is 4. The summed E-state index contributed by atoms with van der Waals surface area (Å²) in [5.74, 6) is -0.202. The van der Waals surface area contributed by atoms with Crippen LogP contribution in [0.4, 0.5) is 0 Å². The van der Waals surface area contributed by atoms with Crippen LogP contribution in [0.2, 0.25) is 0 Å². The normalized spacial score (nSPS) is 23.2. The summed E-state index contributed by atoms with van der Waals surface area (Å²) in [6, 6.07) is 3.51. The van der Waals surface area contributed by atoms with E-state index in [4.69, 9.17) is 10.00 Å². The maximum absolute atomic E-state index is 12.1. The molecule has 0 spiro atoms. The van der Waals surface area contributed by atoms with Crippen molar-refractivity contribution in [3.05, 3.63) is 23.5 Å². The summed E-state index contributed by atoms with van der Waals surface area (Å²) >= 11 is 0. The molecule has 2 heterocycles. The number of nitrogens with zero attached hydrogens (tertiary/aromatic N) is 2. The van der Waals surface area contributed by atoms with Crippen LogP contribution in [0.15, 0.2) is 12.3 Å². The lowest BCUT2D eigenvalue weighted by molar-refractivity contribution is 0.0512. The van der Waals surface area contributed by atoms with Crippen molar-refractivity contribution in [2.75, 3.05) is 26.7 Å². The number of ether oxygens (including phenoxy) is 1. The summed E-state index contributed by atoms with van der Waals surface area (Å²) in [6.07, 6.45) is 1.54. The Balaban J connectivity index is 1.99. The van der Waals surface area contributed by atoms with E-state index in [0.717, 1.165) is 13.1 Å². The molecule has 1 aromatic heterocycles. The summed E-state index contributed by atoms with van der Waals surface area (Å²) in [4.78, 5) is 17.0. The maximum Gasteiger partial charge on any atom is 0.268 e. The van der Waals surface area contributed by atoms with Crippen LogP contribution in [-0.2, 0) is 4.74 Å². The molecule has 6 nitrogen and oxygen atoms in total. The van der Waals surface area contributed by atoms with Gasteiger partial charge in [-0.25, -0.2) is 0 Å². The number of aromatic amines is 1. The second-order valence-electron chi connectivity index (χ2n) is 4.71. The average molecular weight is 262 g/mol. The van der Waals surface area contributed by atoms with E-state index in [1.54, 1.807) is 6.07 Å². The summed E-state index contributed by atoms with van der Waals surface area (Å²) in [5.41, 5.74) is 0.858. The Morgan fingerprint density at radius 2 is 2.47 bits per heavy atom. The van der Waals surface area contributed by atoms with E-state index in [9.17, 15) is 4.79 Å².